The highest BCUT2D eigenvalue weighted by Crippen LogP contribution is 2.36. The van der Waals surface area contributed by atoms with Crippen molar-refractivity contribution < 1.29 is 4.79 Å². The van der Waals surface area contributed by atoms with E-state index in [-0.39, 0.29) is 6.03 Å². The molecule has 2 amide bonds. The molecule has 1 fully saturated rings. The lowest BCUT2D eigenvalue weighted by Gasteiger charge is -2.21. The van der Waals surface area contributed by atoms with Gasteiger partial charge in [0, 0.05) is 19.6 Å². The second kappa shape index (κ2) is 4.20. The molecule has 0 heterocycles. The van der Waals surface area contributed by atoms with E-state index in [0.717, 1.165) is 19.4 Å². The number of carbonyl (C=O) groups excluding carboxylic acids is 1. The molecular weight excluding hydrogens is 176 g/mol. The average Bonchev–Trinajstić information content (AvgIpc) is 2.44. The number of hydrogen-bond acceptors (Lipinski definition) is 1. The second-order valence-corrected chi connectivity index (χ2v) is 5.07. The van der Waals surface area contributed by atoms with Gasteiger partial charge in [0.05, 0.1) is 0 Å². The topological polar surface area (TPSA) is 32.3 Å². The fraction of sp³-hybridized carbons (Fsp3) is 0.909. The van der Waals surface area contributed by atoms with Crippen LogP contribution in [-0.4, -0.2) is 30.6 Å². The van der Waals surface area contributed by atoms with E-state index >= 15 is 0 Å². The Morgan fingerprint density at radius 3 is 2.64 bits per heavy atom. The van der Waals surface area contributed by atoms with Crippen LogP contribution in [0.15, 0.2) is 0 Å². The van der Waals surface area contributed by atoms with Crippen LogP contribution in [0.2, 0.25) is 0 Å². The van der Waals surface area contributed by atoms with Crippen LogP contribution in [0.4, 0.5) is 4.79 Å². The number of nitrogens with zero attached hydrogens (tertiary/aromatic N) is 1. The lowest BCUT2D eigenvalue weighted by Crippen LogP contribution is -2.42. The Morgan fingerprint density at radius 2 is 2.21 bits per heavy atom. The van der Waals surface area contributed by atoms with Crippen LogP contribution in [0.25, 0.3) is 0 Å². The molecule has 1 saturated carbocycles. The van der Waals surface area contributed by atoms with E-state index in [1.807, 2.05) is 14.0 Å². The van der Waals surface area contributed by atoms with Gasteiger partial charge in [-0.2, -0.15) is 0 Å². The van der Waals surface area contributed by atoms with Crippen molar-refractivity contribution >= 4 is 6.03 Å². The van der Waals surface area contributed by atoms with Crippen molar-refractivity contribution in [1.29, 1.82) is 0 Å². The van der Waals surface area contributed by atoms with E-state index in [4.69, 9.17) is 0 Å². The first-order chi connectivity index (χ1) is 6.44. The van der Waals surface area contributed by atoms with Crippen molar-refractivity contribution in [3.63, 3.8) is 0 Å². The summed E-state index contributed by atoms with van der Waals surface area (Å²) in [5.74, 6) is 0. The first-order valence-electron chi connectivity index (χ1n) is 5.46. The zero-order valence-corrected chi connectivity index (χ0v) is 9.76. The van der Waals surface area contributed by atoms with E-state index in [1.165, 1.54) is 6.42 Å². The highest BCUT2D eigenvalue weighted by molar-refractivity contribution is 5.74. The fourth-order valence-electron chi connectivity index (χ4n) is 1.99. The minimum absolute atomic E-state index is 0.0650. The molecule has 0 saturated heterocycles. The van der Waals surface area contributed by atoms with Crippen LogP contribution in [-0.2, 0) is 0 Å². The Kier molecular flexibility index (Phi) is 3.40. The summed E-state index contributed by atoms with van der Waals surface area (Å²) in [6.07, 6.45) is 3.44. The summed E-state index contributed by atoms with van der Waals surface area (Å²) < 4.78 is 0. The number of carbonyl (C=O) groups is 1. The molecule has 3 heteroatoms. The molecule has 0 aromatic heterocycles. The van der Waals surface area contributed by atoms with E-state index in [1.54, 1.807) is 4.90 Å². The van der Waals surface area contributed by atoms with Crippen molar-refractivity contribution in [3.05, 3.63) is 0 Å². The molecule has 1 atom stereocenters. The highest BCUT2D eigenvalue weighted by Gasteiger charge is 2.31. The van der Waals surface area contributed by atoms with Crippen LogP contribution in [0.3, 0.4) is 0 Å². The number of hydrogen-bond donors (Lipinski definition) is 1. The van der Waals surface area contributed by atoms with Gasteiger partial charge in [-0.05, 0) is 31.6 Å². The Labute approximate surface area is 86.9 Å². The third-order valence-electron chi connectivity index (χ3n) is 3.12. The minimum Gasteiger partial charge on any atom is -0.335 e. The Hall–Kier alpha value is -0.730. The molecule has 3 nitrogen and oxygen atoms in total. The molecule has 0 radical (unpaired) electrons. The summed E-state index contributed by atoms with van der Waals surface area (Å²) in [6.45, 7) is 7.28. The maximum absolute atomic E-state index is 11.6. The van der Waals surface area contributed by atoms with Gasteiger partial charge in [-0.1, -0.05) is 13.8 Å². The van der Waals surface area contributed by atoms with Crippen LogP contribution in [0.1, 0.15) is 40.0 Å². The molecule has 0 aromatic carbocycles. The predicted octanol–water partition coefficient (Wildman–Crippen LogP) is 2.23. The molecule has 1 unspecified atom stereocenters. The molecule has 14 heavy (non-hydrogen) atoms. The SMILES string of the molecule is CCN(C)C(=O)NC1CCC(C)(C)C1. The first kappa shape index (κ1) is 11.3. The van der Waals surface area contributed by atoms with Crippen molar-refractivity contribution in [2.24, 2.45) is 5.41 Å². The van der Waals surface area contributed by atoms with Gasteiger partial charge in [-0.25, -0.2) is 4.79 Å². The molecule has 0 aliphatic heterocycles. The van der Waals surface area contributed by atoms with Gasteiger partial charge >= 0.3 is 6.03 Å². The molecule has 1 rings (SSSR count). The van der Waals surface area contributed by atoms with Gasteiger partial charge < -0.3 is 10.2 Å². The van der Waals surface area contributed by atoms with Gasteiger partial charge in [0.2, 0.25) is 0 Å². The Morgan fingerprint density at radius 1 is 1.57 bits per heavy atom. The molecule has 0 spiro atoms. The van der Waals surface area contributed by atoms with Crippen LogP contribution < -0.4 is 5.32 Å². The van der Waals surface area contributed by atoms with Crippen molar-refractivity contribution in [2.45, 2.75) is 46.1 Å². The minimum atomic E-state index is 0.0650. The zero-order valence-electron chi connectivity index (χ0n) is 9.76. The molecule has 1 aliphatic rings. The van der Waals surface area contributed by atoms with E-state index in [0.29, 0.717) is 11.5 Å². The normalized spacial score (nSPS) is 24.7. The largest absolute Gasteiger partial charge is 0.335 e. The number of urea groups is 1. The quantitative estimate of drug-likeness (QED) is 0.725. The lowest BCUT2D eigenvalue weighted by molar-refractivity contribution is 0.206. The third-order valence-corrected chi connectivity index (χ3v) is 3.12. The fourth-order valence-corrected chi connectivity index (χ4v) is 1.99. The highest BCUT2D eigenvalue weighted by atomic mass is 16.2. The standard InChI is InChI=1S/C11H22N2O/c1-5-13(4)10(14)12-9-6-7-11(2,3)8-9/h9H,5-8H2,1-4H3,(H,12,14). The maximum atomic E-state index is 11.6. The molecule has 1 aliphatic carbocycles. The lowest BCUT2D eigenvalue weighted by atomic mass is 9.92. The van der Waals surface area contributed by atoms with E-state index in [2.05, 4.69) is 19.2 Å². The van der Waals surface area contributed by atoms with Crippen LogP contribution in [0.5, 0.6) is 0 Å². The van der Waals surface area contributed by atoms with Crippen molar-refractivity contribution in [1.82, 2.24) is 10.2 Å². The summed E-state index contributed by atoms with van der Waals surface area (Å²) in [4.78, 5) is 13.3. The van der Waals surface area contributed by atoms with Crippen molar-refractivity contribution in [2.75, 3.05) is 13.6 Å². The summed E-state index contributed by atoms with van der Waals surface area (Å²) in [7, 11) is 1.83. The Bertz CT molecular complexity index is 213. The van der Waals surface area contributed by atoms with Crippen LogP contribution >= 0.6 is 0 Å². The molecule has 1 N–H and O–H groups in total. The number of amides is 2. The summed E-state index contributed by atoms with van der Waals surface area (Å²) >= 11 is 0. The van der Waals surface area contributed by atoms with E-state index in [9.17, 15) is 4.79 Å². The van der Waals surface area contributed by atoms with Gasteiger partial charge in [0.25, 0.3) is 0 Å². The number of nitrogens with one attached hydrogen (secondary N) is 1. The zero-order chi connectivity index (χ0) is 10.8. The monoisotopic (exact) mass is 198 g/mol. The molecule has 82 valence electrons. The predicted molar refractivity (Wildman–Crippen MR) is 58.3 cm³/mol. The van der Waals surface area contributed by atoms with E-state index < -0.39 is 0 Å². The first-order valence-corrected chi connectivity index (χ1v) is 5.46. The van der Waals surface area contributed by atoms with Gasteiger partial charge in [0.1, 0.15) is 0 Å². The maximum Gasteiger partial charge on any atom is 0.317 e. The molecule has 0 aromatic rings. The van der Waals surface area contributed by atoms with Crippen LogP contribution in [0, 0.1) is 5.41 Å². The Balaban J connectivity index is 2.36. The third kappa shape index (κ3) is 2.89. The average molecular weight is 198 g/mol. The van der Waals surface area contributed by atoms with Crippen molar-refractivity contribution in [3.8, 4) is 0 Å². The summed E-state index contributed by atoms with van der Waals surface area (Å²) in [5.41, 5.74) is 0.405. The number of rotatable bonds is 2. The van der Waals surface area contributed by atoms with Gasteiger partial charge in [-0.3, -0.25) is 0 Å². The van der Waals surface area contributed by atoms with Gasteiger partial charge in [0.15, 0.2) is 0 Å². The smallest absolute Gasteiger partial charge is 0.317 e. The summed E-state index contributed by atoms with van der Waals surface area (Å²) in [6, 6.07) is 0.446. The van der Waals surface area contributed by atoms with Gasteiger partial charge in [-0.15, -0.1) is 0 Å². The molecular formula is C11H22N2O. The second-order valence-electron chi connectivity index (χ2n) is 5.07. The molecule has 0 bridgehead atoms. The summed E-state index contributed by atoms with van der Waals surface area (Å²) in [5, 5.41) is 3.07.